The van der Waals surface area contributed by atoms with Gasteiger partial charge in [-0.3, -0.25) is 0 Å². The minimum atomic E-state index is 0.296. The third-order valence-corrected chi connectivity index (χ3v) is 3.44. The van der Waals surface area contributed by atoms with Crippen LogP contribution in [0.2, 0.25) is 0 Å². The molecule has 0 spiro atoms. The zero-order valence-corrected chi connectivity index (χ0v) is 12.8. The van der Waals surface area contributed by atoms with Gasteiger partial charge in [-0.05, 0) is 33.0 Å². The molecule has 0 aliphatic carbocycles. The first-order valence-corrected chi connectivity index (χ1v) is 7.14. The van der Waals surface area contributed by atoms with Gasteiger partial charge in [-0.2, -0.15) is 4.98 Å². The molecule has 3 aromatic rings. The van der Waals surface area contributed by atoms with Crippen molar-refractivity contribution < 1.29 is 13.4 Å². The lowest BCUT2D eigenvalue weighted by Gasteiger charge is -2.04. The van der Waals surface area contributed by atoms with Crippen LogP contribution in [0.4, 0.5) is 0 Å². The first-order valence-electron chi connectivity index (χ1n) is 7.14. The summed E-state index contributed by atoms with van der Waals surface area (Å²) >= 11 is 0. The number of likely N-dealkylation sites (N-methyl/N-ethyl adjacent to an activating group) is 1. The van der Waals surface area contributed by atoms with Crippen molar-refractivity contribution in [1.82, 2.24) is 20.4 Å². The van der Waals surface area contributed by atoms with E-state index in [1.54, 1.807) is 18.4 Å². The summed E-state index contributed by atoms with van der Waals surface area (Å²) in [6.07, 6.45) is 2.74. The quantitative estimate of drug-likeness (QED) is 0.747. The molecule has 7 heteroatoms. The predicted molar refractivity (Wildman–Crippen MR) is 78.3 cm³/mol. The number of nitrogens with zero attached hydrogens (tertiary/aromatic N) is 3. The van der Waals surface area contributed by atoms with Gasteiger partial charge >= 0.3 is 0 Å². The molecule has 116 valence electrons. The molecule has 22 heavy (non-hydrogen) atoms. The van der Waals surface area contributed by atoms with Crippen molar-refractivity contribution >= 4 is 0 Å². The van der Waals surface area contributed by atoms with Crippen molar-refractivity contribution in [2.75, 3.05) is 7.05 Å². The molecule has 0 aliphatic rings. The van der Waals surface area contributed by atoms with Gasteiger partial charge in [0.15, 0.2) is 11.6 Å². The van der Waals surface area contributed by atoms with E-state index in [9.17, 15) is 0 Å². The number of aryl methyl sites for hydroxylation is 1. The average molecular weight is 302 g/mol. The Morgan fingerprint density at radius 2 is 2.18 bits per heavy atom. The minimum absolute atomic E-state index is 0.296. The number of nitrogens with one attached hydrogen (secondary N) is 1. The third kappa shape index (κ3) is 3.09. The molecule has 0 aliphatic heterocycles. The summed E-state index contributed by atoms with van der Waals surface area (Å²) in [5.74, 6) is 2.99. The molecule has 0 radical (unpaired) electrons. The summed E-state index contributed by atoms with van der Waals surface area (Å²) in [5.41, 5.74) is 0.767. The summed E-state index contributed by atoms with van der Waals surface area (Å²) in [5, 5.41) is 7.12. The SMILES string of the molecule is CNC(C)Cc1noc(Cc2nc(-c3ccco3)oc2C)n1. The zero-order valence-electron chi connectivity index (χ0n) is 12.8. The summed E-state index contributed by atoms with van der Waals surface area (Å²) in [6, 6.07) is 3.89. The Morgan fingerprint density at radius 1 is 1.32 bits per heavy atom. The van der Waals surface area contributed by atoms with Crippen molar-refractivity contribution in [2.24, 2.45) is 0 Å². The lowest BCUT2D eigenvalue weighted by Crippen LogP contribution is -2.24. The number of rotatable bonds is 6. The Balaban J connectivity index is 1.73. The monoisotopic (exact) mass is 302 g/mol. The molecule has 0 saturated carbocycles. The Morgan fingerprint density at radius 3 is 2.91 bits per heavy atom. The van der Waals surface area contributed by atoms with E-state index in [0.717, 1.165) is 17.9 Å². The first kappa shape index (κ1) is 14.5. The molecule has 0 saturated heterocycles. The number of aromatic nitrogens is 3. The van der Waals surface area contributed by atoms with E-state index in [1.165, 1.54) is 0 Å². The average Bonchev–Trinajstić information content (AvgIpc) is 3.22. The molecule has 1 unspecified atom stereocenters. The van der Waals surface area contributed by atoms with Crippen LogP contribution in [0.3, 0.4) is 0 Å². The van der Waals surface area contributed by atoms with Crippen LogP contribution in [0.25, 0.3) is 11.7 Å². The van der Waals surface area contributed by atoms with Crippen LogP contribution in [-0.4, -0.2) is 28.2 Å². The van der Waals surface area contributed by atoms with Crippen LogP contribution in [0.5, 0.6) is 0 Å². The van der Waals surface area contributed by atoms with Crippen molar-refractivity contribution in [3.8, 4) is 11.7 Å². The van der Waals surface area contributed by atoms with E-state index >= 15 is 0 Å². The molecule has 3 heterocycles. The standard InChI is InChI=1S/C15H18N4O3/c1-9(16-3)7-13-18-14(22-19-13)8-11-10(2)21-15(17-11)12-5-4-6-20-12/h4-6,9,16H,7-8H2,1-3H3. The molecule has 1 N–H and O–H groups in total. The van der Waals surface area contributed by atoms with Crippen LogP contribution in [-0.2, 0) is 12.8 Å². The van der Waals surface area contributed by atoms with Crippen molar-refractivity contribution in [2.45, 2.75) is 32.7 Å². The molecular weight excluding hydrogens is 284 g/mol. The maximum Gasteiger partial charge on any atom is 0.263 e. The fraction of sp³-hybridized carbons (Fsp3) is 0.400. The second-order valence-corrected chi connectivity index (χ2v) is 5.17. The van der Waals surface area contributed by atoms with E-state index in [2.05, 4.69) is 27.4 Å². The molecule has 0 amide bonds. The second-order valence-electron chi connectivity index (χ2n) is 5.17. The van der Waals surface area contributed by atoms with Gasteiger partial charge in [-0.15, -0.1) is 0 Å². The maximum absolute atomic E-state index is 5.62. The van der Waals surface area contributed by atoms with Crippen LogP contribution < -0.4 is 5.32 Å². The van der Waals surface area contributed by atoms with E-state index in [1.807, 2.05) is 14.0 Å². The number of hydrogen-bond acceptors (Lipinski definition) is 7. The van der Waals surface area contributed by atoms with Gasteiger partial charge in [0.05, 0.1) is 18.4 Å². The highest BCUT2D eigenvalue weighted by Crippen LogP contribution is 2.23. The topological polar surface area (TPSA) is 90.1 Å². The first-order chi connectivity index (χ1) is 10.7. The normalized spacial score (nSPS) is 12.7. The lowest BCUT2D eigenvalue weighted by atomic mass is 10.2. The van der Waals surface area contributed by atoms with Gasteiger partial charge in [0.25, 0.3) is 5.89 Å². The van der Waals surface area contributed by atoms with Crippen LogP contribution in [0, 0.1) is 6.92 Å². The summed E-state index contributed by atoms with van der Waals surface area (Å²) in [4.78, 5) is 8.82. The number of hydrogen-bond donors (Lipinski definition) is 1. The molecule has 3 rings (SSSR count). The largest absolute Gasteiger partial charge is 0.459 e. The summed E-state index contributed by atoms with van der Waals surface area (Å²) < 4.78 is 16.2. The molecule has 1 atom stereocenters. The number of oxazole rings is 1. The van der Waals surface area contributed by atoms with Crippen LogP contribution in [0.1, 0.15) is 30.1 Å². The smallest absolute Gasteiger partial charge is 0.263 e. The Bertz CT molecular complexity index is 730. The molecule has 7 nitrogen and oxygen atoms in total. The van der Waals surface area contributed by atoms with Gasteiger partial charge in [-0.25, -0.2) is 4.98 Å². The van der Waals surface area contributed by atoms with Gasteiger partial charge in [0.2, 0.25) is 5.89 Å². The highest BCUT2D eigenvalue weighted by Gasteiger charge is 2.17. The highest BCUT2D eigenvalue weighted by atomic mass is 16.5. The van der Waals surface area contributed by atoms with Gasteiger partial charge < -0.3 is 18.7 Å². The molecule has 0 fully saturated rings. The van der Waals surface area contributed by atoms with Crippen molar-refractivity contribution in [3.05, 3.63) is 41.6 Å². The fourth-order valence-corrected chi connectivity index (χ4v) is 2.06. The van der Waals surface area contributed by atoms with Gasteiger partial charge in [0.1, 0.15) is 5.76 Å². The molecule has 0 aromatic carbocycles. The van der Waals surface area contributed by atoms with E-state index in [4.69, 9.17) is 13.4 Å². The van der Waals surface area contributed by atoms with E-state index in [0.29, 0.717) is 35.8 Å². The van der Waals surface area contributed by atoms with Crippen molar-refractivity contribution in [3.63, 3.8) is 0 Å². The van der Waals surface area contributed by atoms with Crippen molar-refractivity contribution in [1.29, 1.82) is 0 Å². The third-order valence-electron chi connectivity index (χ3n) is 3.44. The van der Waals surface area contributed by atoms with Gasteiger partial charge in [0, 0.05) is 12.5 Å². The van der Waals surface area contributed by atoms with E-state index < -0.39 is 0 Å². The summed E-state index contributed by atoms with van der Waals surface area (Å²) in [7, 11) is 1.90. The Labute approximate surface area is 127 Å². The zero-order chi connectivity index (χ0) is 15.5. The molecule has 3 aromatic heterocycles. The Hall–Kier alpha value is -2.41. The summed E-state index contributed by atoms with van der Waals surface area (Å²) in [6.45, 7) is 3.92. The fourth-order valence-electron chi connectivity index (χ4n) is 2.06. The molecule has 0 bridgehead atoms. The maximum atomic E-state index is 5.62. The lowest BCUT2D eigenvalue weighted by molar-refractivity contribution is 0.376. The molecular formula is C15H18N4O3. The van der Waals surface area contributed by atoms with Crippen LogP contribution >= 0.6 is 0 Å². The Kier molecular flexibility index (Phi) is 4.06. The predicted octanol–water partition coefficient (Wildman–Crippen LogP) is 2.37. The number of furan rings is 1. The van der Waals surface area contributed by atoms with Crippen LogP contribution in [0.15, 0.2) is 31.8 Å². The minimum Gasteiger partial charge on any atom is -0.459 e. The highest BCUT2D eigenvalue weighted by molar-refractivity contribution is 5.44. The second kappa shape index (κ2) is 6.15. The van der Waals surface area contributed by atoms with Gasteiger partial charge in [-0.1, -0.05) is 5.16 Å². The van der Waals surface area contributed by atoms with E-state index in [-0.39, 0.29) is 0 Å².